The second kappa shape index (κ2) is 15.7. The van der Waals surface area contributed by atoms with Crippen LogP contribution in [-0.2, 0) is 11.2 Å². The molecule has 6 nitrogen and oxygen atoms in total. The van der Waals surface area contributed by atoms with E-state index in [-0.39, 0.29) is 11.9 Å². The molecule has 0 spiro atoms. The van der Waals surface area contributed by atoms with E-state index < -0.39 is 0 Å². The smallest absolute Gasteiger partial charge is 0.314 e. The summed E-state index contributed by atoms with van der Waals surface area (Å²) in [5.74, 6) is 1.74. The van der Waals surface area contributed by atoms with Crippen molar-refractivity contribution in [2.45, 2.75) is 65.2 Å². The van der Waals surface area contributed by atoms with E-state index in [1.165, 1.54) is 16.7 Å². The SMILES string of the molecule is CCc1cc(Cl)cc(Br)c1C(C=C(C)C)C1CCN(C(=O)CC2CCN(C(N)=O)CC2)CC1.N=CCCl. The number of hydrogen-bond acceptors (Lipinski definition) is 3. The number of nitrogens with one attached hydrogen (secondary N) is 1. The number of amides is 3. The van der Waals surface area contributed by atoms with E-state index in [1.807, 2.05) is 11.0 Å². The zero-order valence-corrected chi connectivity index (χ0v) is 25.3. The maximum absolute atomic E-state index is 13.0. The fraction of sp³-hybridized carbons (Fsp3) is 0.607. The van der Waals surface area contributed by atoms with Gasteiger partial charge in [-0.15, -0.1) is 11.6 Å². The van der Waals surface area contributed by atoms with Crippen LogP contribution < -0.4 is 5.73 Å². The molecule has 0 aliphatic carbocycles. The molecule has 2 aliphatic heterocycles. The van der Waals surface area contributed by atoms with Gasteiger partial charge in [0.2, 0.25) is 5.91 Å². The number of urea groups is 1. The number of nitrogens with zero attached hydrogens (tertiary/aromatic N) is 2. The van der Waals surface area contributed by atoms with Gasteiger partial charge in [-0.05, 0) is 81.0 Å². The lowest BCUT2D eigenvalue weighted by Crippen LogP contribution is -2.44. The van der Waals surface area contributed by atoms with Gasteiger partial charge in [-0.2, -0.15) is 0 Å². The molecule has 2 aliphatic rings. The second-order valence-corrected chi connectivity index (χ2v) is 11.7. The number of nitrogens with two attached hydrogens (primary N) is 1. The lowest BCUT2D eigenvalue weighted by molar-refractivity contribution is -0.134. The Morgan fingerprint density at radius 1 is 1.14 bits per heavy atom. The van der Waals surface area contributed by atoms with Gasteiger partial charge >= 0.3 is 6.03 Å². The molecule has 9 heteroatoms. The lowest BCUT2D eigenvalue weighted by Gasteiger charge is -2.37. The molecule has 3 amide bonds. The van der Waals surface area contributed by atoms with E-state index in [1.54, 1.807) is 4.90 Å². The van der Waals surface area contributed by atoms with E-state index in [4.69, 9.17) is 34.3 Å². The number of aryl methyl sites for hydroxylation is 1. The number of allylic oxidation sites excluding steroid dienone is 2. The van der Waals surface area contributed by atoms with Crippen molar-refractivity contribution in [2.24, 2.45) is 17.6 Å². The van der Waals surface area contributed by atoms with Crippen LogP contribution in [-0.4, -0.2) is 60.0 Å². The third-order valence-electron chi connectivity index (χ3n) is 7.27. The Kier molecular flexibility index (Phi) is 13.5. The molecule has 0 saturated carbocycles. The van der Waals surface area contributed by atoms with Crippen LogP contribution in [0.1, 0.15) is 69.9 Å². The molecule has 2 saturated heterocycles. The van der Waals surface area contributed by atoms with Crippen LogP contribution in [0.2, 0.25) is 5.02 Å². The number of rotatable bonds is 7. The standard InChI is InChI=1S/C26H37BrClN3O2.C2H4ClN/c1-4-19-15-21(28)16-23(27)25(19)22(13-17(2)3)20-7-11-30(12-8-20)24(32)14-18-5-9-31(10-6-18)26(29)33;3-1-2-4/h13,15-16,18,20,22H,4-12,14H2,1-3H3,(H2,29,33);2,4H,1H2. The Hall–Kier alpha value is -1.57. The number of likely N-dealkylation sites (tertiary alicyclic amines) is 2. The Labute approximate surface area is 240 Å². The molecule has 2 fully saturated rings. The van der Waals surface area contributed by atoms with Gasteiger partial charge in [0.25, 0.3) is 0 Å². The summed E-state index contributed by atoms with van der Waals surface area (Å²) < 4.78 is 1.08. The maximum Gasteiger partial charge on any atom is 0.314 e. The molecule has 3 N–H and O–H groups in total. The van der Waals surface area contributed by atoms with Crippen molar-refractivity contribution in [3.05, 3.63) is 44.4 Å². The van der Waals surface area contributed by atoms with Crippen molar-refractivity contribution >= 4 is 57.3 Å². The van der Waals surface area contributed by atoms with Crippen LogP contribution in [0.4, 0.5) is 4.79 Å². The predicted molar refractivity (Wildman–Crippen MR) is 158 cm³/mol. The van der Waals surface area contributed by atoms with Gasteiger partial charge in [0.05, 0.1) is 5.88 Å². The number of carbonyl (C=O) groups is 2. The fourth-order valence-corrected chi connectivity index (χ4v) is 6.50. The van der Waals surface area contributed by atoms with Crippen LogP contribution in [0.15, 0.2) is 28.3 Å². The minimum Gasteiger partial charge on any atom is -0.351 e. The summed E-state index contributed by atoms with van der Waals surface area (Å²) in [6, 6.07) is 3.74. The van der Waals surface area contributed by atoms with E-state index in [9.17, 15) is 9.59 Å². The van der Waals surface area contributed by atoms with Gasteiger partial charge < -0.3 is 20.9 Å². The molecular formula is C28H41BrCl2N4O2. The molecule has 0 aromatic heterocycles. The number of halogens is 3. The van der Waals surface area contributed by atoms with Crippen molar-refractivity contribution in [2.75, 3.05) is 32.1 Å². The molecule has 3 rings (SSSR count). The van der Waals surface area contributed by atoms with E-state index in [0.717, 1.165) is 60.9 Å². The summed E-state index contributed by atoms with van der Waals surface area (Å²) in [6.45, 7) is 9.43. The Morgan fingerprint density at radius 3 is 2.19 bits per heavy atom. The number of carbonyl (C=O) groups excluding carboxylic acids is 2. The van der Waals surface area contributed by atoms with E-state index in [0.29, 0.717) is 43.1 Å². The summed E-state index contributed by atoms with van der Waals surface area (Å²) in [5.41, 5.74) is 9.31. The van der Waals surface area contributed by atoms with Gasteiger partial charge in [0.1, 0.15) is 0 Å². The quantitative estimate of drug-likeness (QED) is 0.196. The number of hydrogen-bond donors (Lipinski definition) is 2. The predicted octanol–water partition coefficient (Wildman–Crippen LogP) is 7.01. The number of piperidine rings is 2. The third-order valence-corrected chi connectivity index (χ3v) is 8.30. The van der Waals surface area contributed by atoms with Crippen LogP contribution in [0.3, 0.4) is 0 Å². The van der Waals surface area contributed by atoms with Crippen molar-refractivity contribution in [3.63, 3.8) is 0 Å². The first-order valence-corrected chi connectivity index (χ1v) is 14.8. The van der Waals surface area contributed by atoms with Crippen molar-refractivity contribution in [3.8, 4) is 0 Å². The highest BCUT2D eigenvalue weighted by molar-refractivity contribution is 9.10. The Balaban J connectivity index is 0.00000112. The van der Waals surface area contributed by atoms with Crippen molar-refractivity contribution in [1.82, 2.24) is 9.80 Å². The molecule has 0 radical (unpaired) electrons. The Morgan fingerprint density at radius 2 is 1.70 bits per heavy atom. The maximum atomic E-state index is 13.0. The number of benzene rings is 1. The minimum atomic E-state index is -0.355. The molecule has 1 atom stereocenters. The Bertz CT molecular complexity index is 952. The normalized spacial score (nSPS) is 17.5. The molecule has 1 aromatic rings. The molecule has 2 heterocycles. The number of alkyl halides is 1. The fourth-order valence-electron chi connectivity index (χ4n) is 5.36. The summed E-state index contributed by atoms with van der Waals surface area (Å²) in [7, 11) is 0. The first-order chi connectivity index (χ1) is 17.6. The average Bonchev–Trinajstić information content (AvgIpc) is 2.87. The molecule has 0 bridgehead atoms. The van der Waals surface area contributed by atoms with Gasteiger partial charge in [-0.25, -0.2) is 4.79 Å². The summed E-state index contributed by atoms with van der Waals surface area (Å²) in [5, 5.41) is 6.96. The first-order valence-electron chi connectivity index (χ1n) is 13.1. The molecule has 1 aromatic carbocycles. The summed E-state index contributed by atoms with van der Waals surface area (Å²) >= 11 is 15.1. The second-order valence-electron chi connectivity index (χ2n) is 10.1. The van der Waals surface area contributed by atoms with Gasteiger partial charge in [-0.1, -0.05) is 46.1 Å². The van der Waals surface area contributed by atoms with Gasteiger partial charge in [0, 0.05) is 54.2 Å². The molecule has 206 valence electrons. The lowest BCUT2D eigenvalue weighted by atomic mass is 9.77. The average molecular weight is 616 g/mol. The van der Waals surface area contributed by atoms with Crippen LogP contribution >= 0.6 is 39.1 Å². The molecule has 1 unspecified atom stereocenters. The minimum absolute atomic E-state index is 0.256. The van der Waals surface area contributed by atoms with Gasteiger partial charge in [0.15, 0.2) is 0 Å². The molecular weight excluding hydrogens is 575 g/mol. The highest BCUT2D eigenvalue weighted by Crippen LogP contribution is 2.41. The van der Waals surface area contributed by atoms with E-state index >= 15 is 0 Å². The zero-order valence-electron chi connectivity index (χ0n) is 22.2. The largest absolute Gasteiger partial charge is 0.351 e. The first kappa shape index (κ1) is 31.6. The van der Waals surface area contributed by atoms with Crippen molar-refractivity contribution in [1.29, 1.82) is 5.41 Å². The summed E-state index contributed by atoms with van der Waals surface area (Å²) in [6.07, 6.45) is 8.77. The van der Waals surface area contributed by atoms with E-state index in [2.05, 4.69) is 48.8 Å². The van der Waals surface area contributed by atoms with Crippen LogP contribution in [0.5, 0.6) is 0 Å². The highest BCUT2D eigenvalue weighted by Gasteiger charge is 2.32. The monoisotopic (exact) mass is 614 g/mol. The topological polar surface area (TPSA) is 90.5 Å². The van der Waals surface area contributed by atoms with Gasteiger partial charge in [-0.3, -0.25) is 4.79 Å². The zero-order chi connectivity index (χ0) is 27.5. The van der Waals surface area contributed by atoms with Crippen LogP contribution in [0, 0.1) is 17.2 Å². The third kappa shape index (κ3) is 9.60. The number of primary amides is 1. The summed E-state index contributed by atoms with van der Waals surface area (Å²) in [4.78, 5) is 28.0. The molecule has 37 heavy (non-hydrogen) atoms. The van der Waals surface area contributed by atoms with Crippen LogP contribution in [0.25, 0.3) is 0 Å². The highest BCUT2D eigenvalue weighted by atomic mass is 79.9. The van der Waals surface area contributed by atoms with Crippen molar-refractivity contribution < 1.29 is 9.59 Å².